The van der Waals surface area contributed by atoms with E-state index in [1.807, 2.05) is 0 Å². The van der Waals surface area contributed by atoms with Crippen LogP contribution in [-0.4, -0.2) is 4.57 Å². The van der Waals surface area contributed by atoms with Gasteiger partial charge in [-0.25, -0.2) is 0 Å². The molecular weight excluding hydrogens is 170 g/mol. The number of hydrogen-bond donors (Lipinski definition) is 0. The molecule has 0 unspecified atom stereocenters. The normalized spacial score (nSPS) is 12.1. The minimum atomic E-state index is 0.569. The van der Waals surface area contributed by atoms with E-state index in [4.69, 9.17) is 0 Å². The molecule has 0 aliphatic heterocycles. The fourth-order valence-corrected chi connectivity index (χ4v) is 1.75. The van der Waals surface area contributed by atoms with Crippen molar-refractivity contribution in [3.05, 3.63) is 23.5 Å². The molecule has 0 N–H and O–H groups in total. The maximum absolute atomic E-state index is 2.40. The zero-order valence-electron chi connectivity index (χ0n) is 10.3. The average molecular weight is 193 g/mol. The highest BCUT2D eigenvalue weighted by Crippen LogP contribution is 2.26. The van der Waals surface area contributed by atoms with Crippen LogP contribution in [-0.2, 0) is 0 Å². The molecule has 80 valence electrons. The van der Waals surface area contributed by atoms with E-state index in [1.165, 1.54) is 11.3 Å². The SMILES string of the molecule is CC(C)c1cc(C(C)C)n(C(C)C)c1. The van der Waals surface area contributed by atoms with Gasteiger partial charge in [-0.3, -0.25) is 0 Å². The minimum Gasteiger partial charge on any atom is -0.348 e. The average Bonchev–Trinajstić information content (AvgIpc) is 2.47. The summed E-state index contributed by atoms with van der Waals surface area (Å²) in [7, 11) is 0. The van der Waals surface area contributed by atoms with Gasteiger partial charge in [0.2, 0.25) is 0 Å². The van der Waals surface area contributed by atoms with Crippen molar-refractivity contribution in [2.75, 3.05) is 0 Å². The first-order chi connectivity index (χ1) is 6.43. The number of aromatic nitrogens is 1. The van der Waals surface area contributed by atoms with E-state index in [1.54, 1.807) is 0 Å². The van der Waals surface area contributed by atoms with Crippen molar-refractivity contribution in [2.24, 2.45) is 0 Å². The molecule has 1 aromatic heterocycles. The molecule has 0 atom stereocenters. The summed E-state index contributed by atoms with van der Waals surface area (Å²) in [4.78, 5) is 0. The number of hydrogen-bond acceptors (Lipinski definition) is 0. The minimum absolute atomic E-state index is 0.569. The molecule has 1 aromatic rings. The van der Waals surface area contributed by atoms with Gasteiger partial charge < -0.3 is 4.57 Å². The Labute approximate surface area is 88.1 Å². The van der Waals surface area contributed by atoms with E-state index in [0.717, 1.165) is 0 Å². The van der Waals surface area contributed by atoms with E-state index in [-0.39, 0.29) is 0 Å². The highest BCUT2D eigenvalue weighted by Gasteiger charge is 2.12. The molecule has 1 rings (SSSR count). The summed E-state index contributed by atoms with van der Waals surface area (Å²) in [5, 5.41) is 0. The van der Waals surface area contributed by atoms with Crippen molar-refractivity contribution < 1.29 is 0 Å². The first kappa shape index (κ1) is 11.4. The summed E-state index contributed by atoms with van der Waals surface area (Å²) >= 11 is 0. The Morgan fingerprint density at radius 3 is 1.79 bits per heavy atom. The second kappa shape index (κ2) is 4.20. The van der Waals surface area contributed by atoms with Crippen LogP contribution in [0.4, 0.5) is 0 Å². The Bertz CT molecular complexity index is 267. The summed E-state index contributed by atoms with van der Waals surface area (Å²) in [5.74, 6) is 1.25. The zero-order chi connectivity index (χ0) is 10.9. The Morgan fingerprint density at radius 2 is 1.50 bits per heavy atom. The first-order valence-electron chi connectivity index (χ1n) is 5.65. The van der Waals surface area contributed by atoms with Crippen LogP contribution in [0.2, 0.25) is 0 Å². The van der Waals surface area contributed by atoms with Crippen LogP contribution >= 0.6 is 0 Å². The van der Waals surface area contributed by atoms with Crippen molar-refractivity contribution >= 4 is 0 Å². The molecule has 0 amide bonds. The predicted molar refractivity (Wildman–Crippen MR) is 63.0 cm³/mol. The van der Waals surface area contributed by atoms with Crippen molar-refractivity contribution in [3.8, 4) is 0 Å². The maximum atomic E-state index is 2.40. The largest absolute Gasteiger partial charge is 0.348 e. The molecule has 0 saturated heterocycles. The molecule has 1 heterocycles. The lowest BCUT2D eigenvalue weighted by atomic mass is 10.0. The molecule has 0 saturated carbocycles. The topological polar surface area (TPSA) is 4.93 Å². The van der Waals surface area contributed by atoms with Gasteiger partial charge in [0, 0.05) is 17.9 Å². The fourth-order valence-electron chi connectivity index (χ4n) is 1.75. The van der Waals surface area contributed by atoms with Crippen LogP contribution in [0.5, 0.6) is 0 Å². The maximum Gasteiger partial charge on any atom is 0.0277 e. The lowest BCUT2D eigenvalue weighted by Gasteiger charge is -2.14. The van der Waals surface area contributed by atoms with Crippen LogP contribution in [0.15, 0.2) is 12.3 Å². The van der Waals surface area contributed by atoms with Crippen LogP contribution in [0, 0.1) is 0 Å². The summed E-state index contributed by atoms with van der Waals surface area (Å²) in [6.07, 6.45) is 2.31. The second-order valence-electron chi connectivity index (χ2n) is 5.01. The van der Waals surface area contributed by atoms with Gasteiger partial charge in [-0.05, 0) is 37.3 Å². The van der Waals surface area contributed by atoms with Gasteiger partial charge in [-0.2, -0.15) is 0 Å². The van der Waals surface area contributed by atoms with Crippen molar-refractivity contribution in [3.63, 3.8) is 0 Å². The molecule has 1 nitrogen and oxygen atoms in total. The Kier molecular flexibility index (Phi) is 3.41. The van der Waals surface area contributed by atoms with E-state index in [0.29, 0.717) is 17.9 Å². The van der Waals surface area contributed by atoms with Crippen LogP contribution < -0.4 is 0 Å². The van der Waals surface area contributed by atoms with Gasteiger partial charge in [-0.1, -0.05) is 27.7 Å². The summed E-state index contributed by atoms with van der Waals surface area (Å²) in [6.45, 7) is 13.5. The lowest BCUT2D eigenvalue weighted by molar-refractivity contribution is 0.559. The third-order valence-corrected chi connectivity index (χ3v) is 2.72. The van der Waals surface area contributed by atoms with E-state index < -0.39 is 0 Å². The van der Waals surface area contributed by atoms with E-state index in [2.05, 4.69) is 58.4 Å². The number of rotatable bonds is 3. The molecule has 0 aliphatic carbocycles. The third-order valence-electron chi connectivity index (χ3n) is 2.72. The van der Waals surface area contributed by atoms with E-state index in [9.17, 15) is 0 Å². The molecular formula is C13H23N. The Hall–Kier alpha value is -0.720. The Balaban J connectivity index is 3.12. The van der Waals surface area contributed by atoms with Crippen LogP contribution in [0.3, 0.4) is 0 Å². The molecule has 0 spiro atoms. The molecule has 0 aliphatic rings. The van der Waals surface area contributed by atoms with Gasteiger partial charge >= 0.3 is 0 Å². The van der Waals surface area contributed by atoms with Gasteiger partial charge in [0.15, 0.2) is 0 Å². The monoisotopic (exact) mass is 193 g/mol. The van der Waals surface area contributed by atoms with Crippen LogP contribution in [0.25, 0.3) is 0 Å². The van der Waals surface area contributed by atoms with Crippen LogP contribution in [0.1, 0.15) is 70.7 Å². The lowest BCUT2D eigenvalue weighted by Crippen LogP contribution is -2.05. The fraction of sp³-hybridized carbons (Fsp3) is 0.692. The predicted octanol–water partition coefficient (Wildman–Crippen LogP) is 4.32. The number of nitrogens with zero attached hydrogens (tertiary/aromatic N) is 1. The first-order valence-corrected chi connectivity index (χ1v) is 5.65. The summed E-state index contributed by atoms with van der Waals surface area (Å²) < 4.78 is 2.40. The summed E-state index contributed by atoms with van der Waals surface area (Å²) in [5.41, 5.74) is 2.92. The standard InChI is InChI=1S/C13H23N/c1-9(2)12-7-13(10(3)4)14(8-12)11(5)6/h7-11H,1-6H3. The second-order valence-corrected chi connectivity index (χ2v) is 5.01. The van der Waals surface area contributed by atoms with E-state index >= 15 is 0 Å². The van der Waals surface area contributed by atoms with Gasteiger partial charge in [0.25, 0.3) is 0 Å². The van der Waals surface area contributed by atoms with Gasteiger partial charge in [-0.15, -0.1) is 0 Å². The molecule has 14 heavy (non-hydrogen) atoms. The molecule has 0 bridgehead atoms. The molecule has 0 fully saturated rings. The molecule has 1 heteroatoms. The smallest absolute Gasteiger partial charge is 0.0277 e. The highest BCUT2D eigenvalue weighted by atomic mass is 15.0. The van der Waals surface area contributed by atoms with Gasteiger partial charge in [0.1, 0.15) is 0 Å². The summed E-state index contributed by atoms with van der Waals surface area (Å²) in [6, 6.07) is 2.93. The van der Waals surface area contributed by atoms with Crippen molar-refractivity contribution in [1.82, 2.24) is 4.57 Å². The quantitative estimate of drug-likeness (QED) is 0.674. The highest BCUT2D eigenvalue weighted by molar-refractivity contribution is 5.24. The zero-order valence-corrected chi connectivity index (χ0v) is 10.3. The van der Waals surface area contributed by atoms with Crippen molar-refractivity contribution in [2.45, 2.75) is 59.4 Å². The Morgan fingerprint density at radius 1 is 0.929 bits per heavy atom. The molecule has 0 aromatic carbocycles. The molecule has 0 radical (unpaired) electrons. The van der Waals surface area contributed by atoms with Crippen molar-refractivity contribution in [1.29, 1.82) is 0 Å². The third kappa shape index (κ3) is 2.20. The van der Waals surface area contributed by atoms with Gasteiger partial charge in [0.05, 0.1) is 0 Å².